The fraction of sp³-hybridized carbons (Fsp3) is 0.217. The third-order valence-corrected chi connectivity index (χ3v) is 7.58. The van der Waals surface area contributed by atoms with Crippen molar-refractivity contribution in [1.29, 1.82) is 0 Å². The fourth-order valence-corrected chi connectivity index (χ4v) is 5.12. The highest BCUT2D eigenvalue weighted by atomic mass is 35.5. The number of carbonyl (C=O) groups excluding carboxylic acids is 1. The number of nitrogens with one attached hydrogen (secondary N) is 1. The summed E-state index contributed by atoms with van der Waals surface area (Å²) in [5.41, 5.74) is 2.84. The lowest BCUT2D eigenvalue weighted by Gasteiger charge is -2.17. The molecular weight excluding hydrogens is 464 g/mol. The van der Waals surface area contributed by atoms with Crippen molar-refractivity contribution >= 4 is 56.5 Å². The van der Waals surface area contributed by atoms with Gasteiger partial charge in [-0.2, -0.15) is 0 Å². The van der Waals surface area contributed by atoms with Crippen LogP contribution in [0.5, 0.6) is 0 Å². The maximum Gasteiger partial charge on any atom is 0.272 e. The van der Waals surface area contributed by atoms with Crippen molar-refractivity contribution < 1.29 is 4.79 Å². The van der Waals surface area contributed by atoms with E-state index in [-0.39, 0.29) is 18.0 Å². The fourth-order valence-electron chi connectivity index (χ4n) is 3.15. The second kappa shape index (κ2) is 9.85. The molecule has 0 aliphatic heterocycles. The number of aromatic nitrogens is 3. The number of rotatable bonds is 7. The molecule has 9 heteroatoms. The Balaban J connectivity index is 1.65. The highest BCUT2D eigenvalue weighted by Crippen LogP contribution is 2.28. The largest absolute Gasteiger partial charge is 0.325 e. The molecule has 0 saturated heterocycles. The summed E-state index contributed by atoms with van der Waals surface area (Å²) in [6.45, 7) is 4.13. The molecule has 1 amide bonds. The van der Waals surface area contributed by atoms with E-state index in [1.54, 1.807) is 16.8 Å². The Morgan fingerprint density at radius 2 is 2.12 bits per heavy atom. The molecule has 0 radical (unpaired) electrons. The van der Waals surface area contributed by atoms with Gasteiger partial charge in [-0.1, -0.05) is 42.4 Å². The van der Waals surface area contributed by atoms with Crippen molar-refractivity contribution in [2.24, 2.45) is 0 Å². The predicted molar refractivity (Wildman–Crippen MR) is 132 cm³/mol. The first-order chi connectivity index (χ1) is 15.5. The van der Waals surface area contributed by atoms with E-state index in [0.717, 1.165) is 11.3 Å². The number of benzene rings is 1. The van der Waals surface area contributed by atoms with Crippen LogP contribution in [-0.4, -0.2) is 25.7 Å². The molecule has 1 atom stereocenters. The molecule has 164 valence electrons. The predicted octanol–water partition coefficient (Wildman–Crippen LogP) is 5.37. The molecule has 0 fully saturated rings. The van der Waals surface area contributed by atoms with E-state index in [2.05, 4.69) is 10.3 Å². The molecular formula is C23H21ClN4O2S2. The van der Waals surface area contributed by atoms with Gasteiger partial charge < -0.3 is 5.32 Å². The van der Waals surface area contributed by atoms with Gasteiger partial charge in [-0.15, -0.1) is 11.3 Å². The number of hydrogen-bond donors (Lipinski definition) is 1. The smallest absolute Gasteiger partial charge is 0.272 e. The summed E-state index contributed by atoms with van der Waals surface area (Å²) in [4.78, 5) is 35.3. The average Bonchev–Trinajstić information content (AvgIpc) is 3.26. The SMILES string of the molecule is CC[C@@H](Sc1nc2ccsc2c(=O)n1Cc1ccccn1)C(=O)Nc1ccc(C)c(Cl)c1. The first-order valence-electron chi connectivity index (χ1n) is 10.1. The van der Waals surface area contributed by atoms with Crippen LogP contribution in [0.15, 0.2) is 64.0 Å². The molecule has 1 aromatic carbocycles. The van der Waals surface area contributed by atoms with Crippen LogP contribution in [0.25, 0.3) is 10.2 Å². The highest BCUT2D eigenvalue weighted by molar-refractivity contribution is 8.00. The summed E-state index contributed by atoms with van der Waals surface area (Å²) in [5, 5.41) is 5.43. The summed E-state index contributed by atoms with van der Waals surface area (Å²) >= 11 is 8.84. The van der Waals surface area contributed by atoms with Gasteiger partial charge in [0.25, 0.3) is 5.56 Å². The zero-order chi connectivity index (χ0) is 22.7. The Morgan fingerprint density at radius 3 is 2.84 bits per heavy atom. The number of thioether (sulfide) groups is 1. The van der Waals surface area contributed by atoms with E-state index in [4.69, 9.17) is 16.6 Å². The van der Waals surface area contributed by atoms with E-state index in [9.17, 15) is 9.59 Å². The minimum atomic E-state index is -0.437. The number of nitrogens with zero attached hydrogens (tertiary/aromatic N) is 3. The molecule has 32 heavy (non-hydrogen) atoms. The van der Waals surface area contributed by atoms with Crippen LogP contribution in [-0.2, 0) is 11.3 Å². The number of thiophene rings is 1. The molecule has 0 saturated carbocycles. The van der Waals surface area contributed by atoms with Crippen molar-refractivity contribution in [2.45, 2.75) is 37.2 Å². The molecule has 6 nitrogen and oxygen atoms in total. The summed E-state index contributed by atoms with van der Waals surface area (Å²) in [6, 6.07) is 12.8. The Hall–Kier alpha value is -2.68. The topological polar surface area (TPSA) is 76.9 Å². The van der Waals surface area contributed by atoms with Gasteiger partial charge in [0.1, 0.15) is 4.70 Å². The van der Waals surface area contributed by atoms with E-state index >= 15 is 0 Å². The summed E-state index contributed by atoms with van der Waals surface area (Å²) in [5.74, 6) is -0.165. The van der Waals surface area contributed by atoms with Gasteiger partial charge in [-0.25, -0.2) is 4.98 Å². The van der Waals surface area contributed by atoms with Crippen LogP contribution < -0.4 is 10.9 Å². The minimum Gasteiger partial charge on any atom is -0.325 e. The van der Waals surface area contributed by atoms with Crippen molar-refractivity contribution in [3.8, 4) is 0 Å². The molecule has 1 N–H and O–H groups in total. The van der Waals surface area contributed by atoms with Crippen LogP contribution >= 0.6 is 34.7 Å². The average molecular weight is 485 g/mol. The second-order valence-corrected chi connectivity index (χ2v) is 9.70. The van der Waals surface area contributed by atoms with Crippen molar-refractivity contribution in [2.75, 3.05) is 5.32 Å². The Morgan fingerprint density at radius 1 is 1.28 bits per heavy atom. The Bertz CT molecular complexity index is 1320. The number of fused-ring (bicyclic) bond motifs is 1. The van der Waals surface area contributed by atoms with Crippen LogP contribution in [0, 0.1) is 6.92 Å². The molecule has 0 bridgehead atoms. The van der Waals surface area contributed by atoms with Gasteiger partial charge in [0, 0.05) is 16.9 Å². The van der Waals surface area contributed by atoms with Crippen molar-refractivity contribution in [3.05, 3.63) is 80.7 Å². The summed E-state index contributed by atoms with van der Waals surface area (Å²) in [6.07, 6.45) is 2.26. The van der Waals surface area contributed by atoms with Gasteiger partial charge in [-0.3, -0.25) is 19.1 Å². The molecule has 4 aromatic rings. The molecule has 0 aliphatic carbocycles. The number of pyridine rings is 1. The van der Waals surface area contributed by atoms with Gasteiger partial charge in [-0.05, 0) is 54.6 Å². The van der Waals surface area contributed by atoms with E-state index in [0.29, 0.717) is 32.5 Å². The standard InChI is InChI=1S/C23H21ClN4O2S2/c1-3-19(21(29)26-15-8-7-14(2)17(24)12-15)32-23-27-18-9-11-31-20(18)22(30)28(23)13-16-6-4-5-10-25-16/h4-12,19H,3,13H2,1-2H3,(H,26,29)/t19-/m1/s1. The van der Waals surface area contributed by atoms with Crippen LogP contribution in [0.2, 0.25) is 5.02 Å². The summed E-state index contributed by atoms with van der Waals surface area (Å²) in [7, 11) is 0. The summed E-state index contributed by atoms with van der Waals surface area (Å²) < 4.78 is 2.20. The molecule has 0 spiro atoms. The lowest BCUT2D eigenvalue weighted by molar-refractivity contribution is -0.115. The highest BCUT2D eigenvalue weighted by Gasteiger charge is 2.23. The van der Waals surface area contributed by atoms with Gasteiger partial charge in [0.05, 0.1) is 23.0 Å². The first kappa shape index (κ1) is 22.5. The van der Waals surface area contributed by atoms with Crippen LogP contribution in [0.4, 0.5) is 5.69 Å². The van der Waals surface area contributed by atoms with Crippen molar-refractivity contribution in [1.82, 2.24) is 14.5 Å². The van der Waals surface area contributed by atoms with Gasteiger partial charge >= 0.3 is 0 Å². The first-order valence-corrected chi connectivity index (χ1v) is 12.2. The number of halogens is 1. The Labute approximate surface area is 198 Å². The molecule has 3 aromatic heterocycles. The van der Waals surface area contributed by atoms with E-state index in [1.165, 1.54) is 23.1 Å². The normalized spacial score (nSPS) is 12.1. The lowest BCUT2D eigenvalue weighted by atomic mass is 10.2. The lowest BCUT2D eigenvalue weighted by Crippen LogP contribution is -2.28. The van der Waals surface area contributed by atoms with Gasteiger partial charge in [0.15, 0.2) is 5.16 Å². The quantitative estimate of drug-likeness (QED) is 0.282. The molecule has 0 aliphatic rings. The van der Waals surface area contributed by atoms with E-state index in [1.807, 2.05) is 55.6 Å². The number of carbonyl (C=O) groups is 1. The minimum absolute atomic E-state index is 0.126. The molecule has 0 unspecified atom stereocenters. The third-order valence-electron chi connectivity index (χ3n) is 4.93. The number of amides is 1. The number of anilines is 1. The van der Waals surface area contributed by atoms with E-state index < -0.39 is 5.25 Å². The number of aryl methyl sites for hydroxylation is 1. The van der Waals surface area contributed by atoms with Crippen molar-refractivity contribution in [3.63, 3.8) is 0 Å². The van der Waals surface area contributed by atoms with Gasteiger partial charge in [0.2, 0.25) is 5.91 Å². The maximum atomic E-state index is 13.2. The molecule has 4 rings (SSSR count). The van der Waals surface area contributed by atoms with Crippen LogP contribution in [0.1, 0.15) is 24.6 Å². The maximum absolute atomic E-state index is 13.2. The zero-order valence-electron chi connectivity index (χ0n) is 17.5. The van der Waals surface area contributed by atoms with Crippen LogP contribution in [0.3, 0.4) is 0 Å². The Kier molecular flexibility index (Phi) is 6.93. The number of hydrogen-bond acceptors (Lipinski definition) is 6. The third kappa shape index (κ3) is 4.87. The molecule has 3 heterocycles. The second-order valence-electron chi connectivity index (χ2n) is 7.21. The monoisotopic (exact) mass is 484 g/mol. The zero-order valence-corrected chi connectivity index (χ0v) is 19.9.